The first kappa shape index (κ1) is 18.1. The Morgan fingerprint density at radius 3 is 2.45 bits per heavy atom. The van der Waals surface area contributed by atoms with Gasteiger partial charge in [0.15, 0.2) is 0 Å². The van der Waals surface area contributed by atoms with E-state index < -0.39 is 0 Å². The summed E-state index contributed by atoms with van der Waals surface area (Å²) in [5.41, 5.74) is 10.8. The van der Waals surface area contributed by atoms with E-state index in [9.17, 15) is 0 Å². The number of nitrogen functional groups attached to an aromatic ring is 1. The molecule has 0 radical (unpaired) electrons. The normalized spacial score (nSPS) is 10.3. The van der Waals surface area contributed by atoms with Gasteiger partial charge in [0.05, 0.1) is 5.69 Å². The number of rotatable bonds is 5. The van der Waals surface area contributed by atoms with Crippen LogP contribution < -0.4 is 11.1 Å². The Labute approximate surface area is 168 Å². The maximum atomic E-state index is 7.07. The van der Waals surface area contributed by atoms with Gasteiger partial charge in [-0.25, -0.2) is 4.98 Å². The molecule has 4 aromatic rings. The fourth-order valence-corrected chi connectivity index (χ4v) is 3.01. The second-order valence-corrected chi connectivity index (χ2v) is 6.50. The molecule has 140 valence electrons. The predicted octanol–water partition coefficient (Wildman–Crippen LogP) is 5.01. The minimum absolute atomic E-state index is 0.221. The van der Waals surface area contributed by atoms with Crippen LogP contribution >= 0.6 is 0 Å². The number of anilines is 3. The van der Waals surface area contributed by atoms with Crippen molar-refractivity contribution in [1.29, 1.82) is 0 Å². The van der Waals surface area contributed by atoms with E-state index in [-0.39, 0.29) is 5.95 Å². The lowest BCUT2D eigenvalue weighted by atomic mass is 10.1. The zero-order valence-electron chi connectivity index (χ0n) is 15.6. The van der Waals surface area contributed by atoms with Crippen molar-refractivity contribution in [1.82, 2.24) is 15.0 Å². The van der Waals surface area contributed by atoms with E-state index >= 15 is 0 Å². The first-order valence-corrected chi connectivity index (χ1v) is 9.08. The second-order valence-electron chi connectivity index (χ2n) is 6.50. The SMILES string of the molecule is [C-]#[N+]c1cc(Cc2ccc(Nc3cc(-c4ccccc4)nc(N)n3)cc2)ccn1. The molecule has 3 N–H and O–H groups in total. The van der Waals surface area contributed by atoms with E-state index in [0.29, 0.717) is 11.6 Å². The van der Waals surface area contributed by atoms with Crippen molar-refractivity contribution in [2.45, 2.75) is 6.42 Å². The fraction of sp³-hybridized carbons (Fsp3) is 0.0435. The van der Waals surface area contributed by atoms with Crippen molar-refractivity contribution >= 4 is 23.3 Å². The summed E-state index contributed by atoms with van der Waals surface area (Å²) in [5.74, 6) is 1.27. The van der Waals surface area contributed by atoms with Gasteiger partial charge in [-0.15, -0.1) is 4.98 Å². The van der Waals surface area contributed by atoms with Gasteiger partial charge in [-0.3, -0.25) is 0 Å². The maximum absolute atomic E-state index is 7.07. The number of nitrogens with two attached hydrogens (primary N) is 1. The number of hydrogen-bond donors (Lipinski definition) is 2. The molecule has 6 nitrogen and oxygen atoms in total. The van der Waals surface area contributed by atoms with E-state index in [1.54, 1.807) is 6.20 Å². The topological polar surface area (TPSA) is 81.1 Å². The van der Waals surface area contributed by atoms with E-state index in [1.807, 2.05) is 72.8 Å². The van der Waals surface area contributed by atoms with Crippen molar-refractivity contribution in [3.63, 3.8) is 0 Å². The lowest BCUT2D eigenvalue weighted by Gasteiger charge is -2.09. The van der Waals surface area contributed by atoms with E-state index in [1.165, 1.54) is 0 Å². The highest BCUT2D eigenvalue weighted by molar-refractivity contribution is 5.67. The van der Waals surface area contributed by atoms with E-state index in [2.05, 4.69) is 25.1 Å². The third-order valence-corrected chi connectivity index (χ3v) is 4.37. The number of nitrogens with one attached hydrogen (secondary N) is 1. The molecule has 0 saturated heterocycles. The highest BCUT2D eigenvalue weighted by atomic mass is 15.1. The largest absolute Gasteiger partial charge is 0.368 e. The van der Waals surface area contributed by atoms with Gasteiger partial charge >= 0.3 is 0 Å². The molecule has 2 aromatic carbocycles. The lowest BCUT2D eigenvalue weighted by Crippen LogP contribution is -2.01. The number of pyridine rings is 1. The molecule has 0 fully saturated rings. The Morgan fingerprint density at radius 1 is 0.897 bits per heavy atom. The molecule has 4 rings (SSSR count). The Hall–Kier alpha value is -4.24. The van der Waals surface area contributed by atoms with Crippen LogP contribution in [0.4, 0.5) is 23.3 Å². The molecule has 0 spiro atoms. The molecular weight excluding hydrogens is 360 g/mol. The minimum Gasteiger partial charge on any atom is -0.368 e. The van der Waals surface area contributed by atoms with Gasteiger partial charge in [0.2, 0.25) is 5.95 Å². The van der Waals surface area contributed by atoms with Crippen molar-refractivity contribution in [2.75, 3.05) is 11.1 Å². The van der Waals surface area contributed by atoms with Gasteiger partial charge in [0.1, 0.15) is 12.0 Å². The number of aromatic nitrogens is 3. The van der Waals surface area contributed by atoms with Crippen molar-refractivity contribution in [2.24, 2.45) is 0 Å². The third kappa shape index (κ3) is 4.54. The molecule has 0 bridgehead atoms. The van der Waals surface area contributed by atoms with Gasteiger partial charge in [0, 0.05) is 17.3 Å². The van der Waals surface area contributed by atoms with Crippen molar-refractivity contribution < 1.29 is 0 Å². The average molecular weight is 378 g/mol. The van der Waals surface area contributed by atoms with Gasteiger partial charge in [-0.05, 0) is 41.8 Å². The summed E-state index contributed by atoms with van der Waals surface area (Å²) in [6, 6.07) is 23.5. The van der Waals surface area contributed by atoms with Crippen LogP contribution in [0.15, 0.2) is 79.0 Å². The molecule has 6 heteroatoms. The molecule has 0 aliphatic rings. The van der Waals surface area contributed by atoms with Crippen molar-refractivity contribution in [3.8, 4) is 11.3 Å². The van der Waals surface area contributed by atoms with Crippen LogP contribution in [0.2, 0.25) is 0 Å². The Bertz CT molecular complexity index is 1160. The summed E-state index contributed by atoms with van der Waals surface area (Å²) in [6.07, 6.45) is 2.41. The smallest absolute Gasteiger partial charge is 0.269 e. The van der Waals surface area contributed by atoms with Gasteiger partial charge < -0.3 is 15.9 Å². The molecule has 0 atom stereocenters. The second kappa shape index (κ2) is 8.19. The van der Waals surface area contributed by atoms with Crippen LogP contribution in [0.1, 0.15) is 11.1 Å². The first-order valence-electron chi connectivity index (χ1n) is 9.08. The highest BCUT2D eigenvalue weighted by Crippen LogP contribution is 2.23. The van der Waals surface area contributed by atoms with Gasteiger partial charge in [-0.2, -0.15) is 4.98 Å². The average Bonchev–Trinajstić information content (AvgIpc) is 2.75. The van der Waals surface area contributed by atoms with Crippen LogP contribution in [0.25, 0.3) is 16.1 Å². The fourth-order valence-electron chi connectivity index (χ4n) is 3.01. The first-order chi connectivity index (χ1) is 14.2. The summed E-state index contributed by atoms with van der Waals surface area (Å²) >= 11 is 0. The molecular formula is C23H18N6. The molecule has 0 amide bonds. The maximum Gasteiger partial charge on any atom is 0.269 e. The highest BCUT2D eigenvalue weighted by Gasteiger charge is 2.06. The van der Waals surface area contributed by atoms with Gasteiger partial charge in [-0.1, -0.05) is 49.0 Å². The van der Waals surface area contributed by atoms with E-state index in [4.69, 9.17) is 12.3 Å². The summed E-state index contributed by atoms with van der Waals surface area (Å²) in [7, 11) is 0. The van der Waals surface area contributed by atoms with E-state index in [0.717, 1.165) is 34.5 Å². The zero-order chi connectivity index (χ0) is 20.1. The monoisotopic (exact) mass is 378 g/mol. The van der Waals surface area contributed by atoms with Crippen LogP contribution in [0, 0.1) is 6.57 Å². The Morgan fingerprint density at radius 2 is 1.69 bits per heavy atom. The molecule has 0 unspecified atom stereocenters. The van der Waals surface area contributed by atoms with Crippen molar-refractivity contribution in [3.05, 3.63) is 102 Å². The summed E-state index contributed by atoms with van der Waals surface area (Å²) < 4.78 is 0. The molecule has 0 aliphatic carbocycles. The zero-order valence-corrected chi connectivity index (χ0v) is 15.6. The van der Waals surface area contributed by atoms with Crippen LogP contribution in [0.5, 0.6) is 0 Å². The third-order valence-electron chi connectivity index (χ3n) is 4.37. The summed E-state index contributed by atoms with van der Waals surface area (Å²) in [6.45, 7) is 7.07. The molecule has 2 heterocycles. The number of benzene rings is 2. The Balaban J connectivity index is 1.50. The minimum atomic E-state index is 0.221. The number of nitrogens with zero attached hydrogens (tertiary/aromatic N) is 4. The summed E-state index contributed by atoms with van der Waals surface area (Å²) in [4.78, 5) is 16.0. The van der Waals surface area contributed by atoms with Crippen LogP contribution in [-0.4, -0.2) is 15.0 Å². The van der Waals surface area contributed by atoms with Crippen LogP contribution in [-0.2, 0) is 6.42 Å². The molecule has 2 aromatic heterocycles. The van der Waals surface area contributed by atoms with Crippen LogP contribution in [0.3, 0.4) is 0 Å². The quantitative estimate of drug-likeness (QED) is 0.477. The summed E-state index contributed by atoms with van der Waals surface area (Å²) in [5, 5.41) is 3.28. The number of hydrogen-bond acceptors (Lipinski definition) is 5. The standard InChI is InChI=1S/C23H18N6/c1-25-21-14-17(11-12-26-21)13-16-7-9-19(10-8-16)27-22-15-20(28-23(24)29-22)18-5-3-2-4-6-18/h2-12,14-15H,13H2,(H3,24,27,28,29). The molecule has 29 heavy (non-hydrogen) atoms. The lowest BCUT2D eigenvalue weighted by molar-refractivity contribution is 1.17. The van der Waals surface area contributed by atoms with Gasteiger partial charge in [0.25, 0.3) is 5.82 Å². The molecule has 0 aliphatic heterocycles. The Kier molecular flexibility index (Phi) is 5.12. The predicted molar refractivity (Wildman–Crippen MR) is 115 cm³/mol. The molecule has 0 saturated carbocycles.